The number of urea groups is 1. The first-order valence-corrected chi connectivity index (χ1v) is 42.5. The summed E-state index contributed by atoms with van der Waals surface area (Å²) in [6.07, 6.45) is 9.01. The zero-order valence-corrected chi connectivity index (χ0v) is 67.5. The molecular weight excluding hydrogens is 1590 g/mol. The number of aromatic nitrogens is 11. The summed E-state index contributed by atoms with van der Waals surface area (Å²) in [5.41, 5.74) is -0.154. The summed E-state index contributed by atoms with van der Waals surface area (Å²) in [6.45, 7) is 5.22. The molecule has 14 atom stereocenters. The fourth-order valence-electron chi connectivity index (χ4n) is 22.2. The van der Waals surface area contributed by atoms with Gasteiger partial charge in [0.1, 0.15) is 58.5 Å². The molecular formula is C85H95F7N20O10. The number of aryl methyl sites for hydroxylation is 1. The number of halogens is 7. The lowest BCUT2D eigenvalue weighted by Gasteiger charge is -2.52. The first-order chi connectivity index (χ1) is 58.7. The molecule has 0 radical (unpaired) electrons. The van der Waals surface area contributed by atoms with Gasteiger partial charge in [-0.3, -0.25) is 67.7 Å². The number of anilines is 3. The topological polar surface area (TPSA) is 321 Å². The summed E-state index contributed by atoms with van der Waals surface area (Å²) in [4.78, 5) is 129. The second-order valence-corrected chi connectivity index (χ2v) is 35.6. The van der Waals surface area contributed by atoms with Crippen LogP contribution in [0.5, 0.6) is 0 Å². The minimum absolute atomic E-state index is 0.00113. The Morgan fingerprint density at radius 1 is 0.770 bits per heavy atom. The summed E-state index contributed by atoms with van der Waals surface area (Å²) in [5, 5.41) is 24.4. The molecule has 7 saturated heterocycles. The van der Waals surface area contributed by atoms with E-state index in [1.165, 1.54) is 43.3 Å². The van der Waals surface area contributed by atoms with E-state index in [2.05, 4.69) is 56.1 Å². The van der Waals surface area contributed by atoms with Gasteiger partial charge < -0.3 is 34.8 Å². The Hall–Kier alpha value is -10.8. The van der Waals surface area contributed by atoms with Crippen molar-refractivity contribution in [2.45, 2.75) is 195 Å². The highest BCUT2D eigenvalue weighted by Gasteiger charge is 2.58. The van der Waals surface area contributed by atoms with Gasteiger partial charge in [-0.25, -0.2) is 46.6 Å². The lowest BCUT2D eigenvalue weighted by atomic mass is 9.64. The summed E-state index contributed by atoms with van der Waals surface area (Å²) in [6, 6.07) is 7.95. The molecule has 30 nitrogen and oxygen atoms in total. The summed E-state index contributed by atoms with van der Waals surface area (Å²) >= 11 is 0. The maximum absolute atomic E-state index is 19.3. The predicted molar refractivity (Wildman–Crippen MR) is 428 cm³/mol. The van der Waals surface area contributed by atoms with Crippen LogP contribution >= 0.6 is 0 Å². The van der Waals surface area contributed by atoms with Crippen molar-refractivity contribution in [3.05, 3.63) is 142 Å². The number of likely N-dealkylation sites (tertiary alicyclic amines) is 2. The van der Waals surface area contributed by atoms with Crippen molar-refractivity contribution in [2.24, 2.45) is 42.1 Å². The average molecular weight is 1690 g/mol. The van der Waals surface area contributed by atoms with Crippen molar-refractivity contribution in [3.8, 4) is 0 Å². The van der Waals surface area contributed by atoms with Crippen LogP contribution in [0, 0.1) is 35.0 Å². The van der Waals surface area contributed by atoms with Gasteiger partial charge in [-0.1, -0.05) is 37.3 Å². The van der Waals surface area contributed by atoms with E-state index in [4.69, 9.17) is 19.6 Å². The molecule has 4 aliphatic carbocycles. The molecule has 122 heavy (non-hydrogen) atoms. The Morgan fingerprint density at radius 2 is 1.53 bits per heavy atom. The highest BCUT2D eigenvalue weighted by Crippen LogP contribution is 2.53. The molecule has 14 heterocycles. The number of fused-ring (bicyclic) bond motifs is 6. The van der Waals surface area contributed by atoms with Crippen LogP contribution < -0.4 is 31.9 Å². The molecule has 2 bridgehead atoms. The van der Waals surface area contributed by atoms with Crippen LogP contribution in [-0.2, 0) is 41.9 Å². The fourth-order valence-corrected chi connectivity index (χ4v) is 22.2. The number of piperidine rings is 4. The highest BCUT2D eigenvalue weighted by atomic mass is 19.4. The standard InChI is InChI=1S/C85H95F7N20O10/c1-84(25-6-10-62-75(84)104(3)83(120)112(62)64-19-21-70(114)100-81(64)118)56-22-26-105(40-57(56)86)37-46-14-17-50(109-38-48-31-67(93-35-59(48)101-109)97-79(116)58-8-5-11-66(95-58)85(90,91)92)33-54(46)74-71(87)65(122-42-45-29-47(30-45)53-7-4-9-61-73(53)103(2)82(119)111(61)63-18-20-69(113)99-80(63)117)23-27-106(74)36-44-12-15-49(16-13-44)110-41-60(72(102-110)76(88)89)96-78(115)55-34-94-108-28-24-68(98-77(55)108)107-39-52-32-51(107)43-121-52/h4-11,24-25,28,31,34-35,38,41,44-47,49-52,54,56-57,63-65,71,74-76H,12-23,26-27,29-30,32-33,36-37,39-40,42-43H2,1-3H3,(H,96,115)(H,97,116)(H,99,113,117)(H,100,114,118)/t44?,45?,46-,47?,49?,50+,51+,52+,54?,56-,57-,63?,64?,65-,71+,74?,75?,84?/m0/s1. The van der Waals surface area contributed by atoms with Crippen LogP contribution in [0.25, 0.3) is 27.6 Å². The zero-order valence-electron chi connectivity index (χ0n) is 67.5. The second-order valence-electron chi connectivity index (χ2n) is 35.6. The lowest BCUT2D eigenvalue weighted by Crippen LogP contribution is -2.61. The van der Waals surface area contributed by atoms with E-state index in [1.807, 2.05) is 54.2 Å². The Bertz CT molecular complexity index is 5610. The molecule has 10 fully saturated rings. The van der Waals surface area contributed by atoms with E-state index in [0.29, 0.717) is 143 Å². The number of carbonyl (C=O) groups excluding carboxylic acids is 7. The van der Waals surface area contributed by atoms with E-state index < -0.39 is 131 Å². The number of pyridine rings is 2. The number of imidazole rings is 1. The van der Waals surface area contributed by atoms with Crippen LogP contribution in [0.3, 0.4) is 0 Å². The number of benzene rings is 1. The van der Waals surface area contributed by atoms with Gasteiger partial charge in [0.2, 0.25) is 23.6 Å². The first-order valence-electron chi connectivity index (χ1n) is 42.5. The van der Waals surface area contributed by atoms with Crippen molar-refractivity contribution in [1.82, 2.24) is 83.5 Å². The van der Waals surface area contributed by atoms with Crippen LogP contribution in [0.2, 0.25) is 0 Å². The number of carbonyl (C=O) groups is 7. The molecule has 7 aliphatic heterocycles. The Kier molecular flexibility index (Phi) is 21.1. The van der Waals surface area contributed by atoms with Crippen molar-refractivity contribution < 1.29 is 73.8 Å². The fraction of sp³-hybridized carbons (Fsp3) is 0.553. The quantitative estimate of drug-likeness (QED) is 0.0407. The number of allylic oxidation sites excluding steroid dienone is 2. The van der Waals surface area contributed by atoms with E-state index in [9.17, 15) is 51.5 Å². The molecule has 37 heteroatoms. The number of morpholine rings is 1. The molecule has 644 valence electrons. The molecule has 1 aromatic carbocycles. The van der Waals surface area contributed by atoms with Gasteiger partial charge in [0, 0.05) is 113 Å². The van der Waals surface area contributed by atoms with Gasteiger partial charge in [0.25, 0.3) is 18.2 Å². The molecule has 19 rings (SSSR count). The molecule has 11 aliphatic rings. The third kappa shape index (κ3) is 14.8. The maximum atomic E-state index is 19.3. The van der Waals surface area contributed by atoms with Gasteiger partial charge in [-0.2, -0.15) is 28.5 Å². The number of likely N-dealkylation sites (N-methyl/N-ethyl adjacent to an activating group) is 1. The molecule has 6 unspecified atom stereocenters. The minimum atomic E-state index is -4.80. The normalized spacial score (nSPS) is 31.0. The number of hydrogen-bond acceptors (Lipinski definition) is 19. The van der Waals surface area contributed by atoms with Crippen molar-refractivity contribution >= 4 is 86.4 Å². The molecule has 7 aromatic heterocycles. The molecule has 4 N–H and O–H groups in total. The van der Waals surface area contributed by atoms with Crippen LogP contribution in [0.15, 0.2) is 108 Å². The highest BCUT2D eigenvalue weighted by molar-refractivity contribution is 6.09. The van der Waals surface area contributed by atoms with Gasteiger partial charge in [-0.05, 0) is 168 Å². The van der Waals surface area contributed by atoms with Gasteiger partial charge in [0.05, 0.1) is 72.1 Å². The molecule has 8 amide bonds. The second kappa shape index (κ2) is 31.8. The summed E-state index contributed by atoms with van der Waals surface area (Å²) < 4.78 is 129. The van der Waals surface area contributed by atoms with Crippen molar-refractivity contribution in [2.75, 3.05) is 75.1 Å². The number of nitrogens with one attached hydrogen (secondary N) is 4. The van der Waals surface area contributed by atoms with Gasteiger partial charge in [-0.15, -0.1) is 0 Å². The van der Waals surface area contributed by atoms with Crippen molar-refractivity contribution in [3.63, 3.8) is 0 Å². The maximum Gasteiger partial charge on any atom is 0.433 e. The van der Waals surface area contributed by atoms with Crippen LogP contribution in [-0.4, -0.2) is 223 Å². The van der Waals surface area contributed by atoms with Crippen LogP contribution in [0.4, 0.5) is 52.9 Å². The monoisotopic (exact) mass is 1690 g/mol. The number of amides is 8. The Labute approximate surface area is 694 Å². The largest absolute Gasteiger partial charge is 0.433 e. The number of imide groups is 2. The number of ether oxygens (including phenoxy) is 2. The van der Waals surface area contributed by atoms with Crippen LogP contribution in [0.1, 0.15) is 178 Å². The number of rotatable bonds is 20. The molecule has 0 spiro atoms. The lowest BCUT2D eigenvalue weighted by molar-refractivity contribution is -0.141. The first kappa shape index (κ1) is 80.9. The third-order valence-corrected chi connectivity index (χ3v) is 28.3. The van der Waals surface area contributed by atoms with E-state index in [-0.39, 0.29) is 115 Å². The van der Waals surface area contributed by atoms with Gasteiger partial charge >= 0.3 is 17.9 Å². The number of para-hydroxylation sites is 1. The smallest absolute Gasteiger partial charge is 0.375 e. The Morgan fingerprint density at radius 3 is 2.27 bits per heavy atom. The summed E-state index contributed by atoms with van der Waals surface area (Å²) in [5.74, 6) is -4.05. The van der Waals surface area contributed by atoms with Gasteiger partial charge in [0.15, 0.2) is 11.3 Å². The SMILES string of the molecule is CN1C(=O)N(C2CCC(=O)NC2=O)C2=CC=CC(C)([C@H]3CCN(C[C@@H]4CC[C@@H](n5cc6cc(NC(=O)c7cccc(C(F)(F)F)n7)ncc6n5)CC4C4[C@H](F)[C@@H](OCC5CC(c6cccc7c6n(C)c(=O)n7C6CCC(=O)NC6=O)C5)CCN4CC4CCC(n5cc(NC(=O)c6cnn7ccc(N8C[C@H]9C[C@@H]8CO9)nc67)c(C(F)F)n5)CC4)C[C@@H]3F)C21. The number of hydrogen-bond donors (Lipinski definition) is 4. The average Bonchev–Trinajstić information content (AvgIpc) is 1.55. The third-order valence-electron chi connectivity index (χ3n) is 28.3. The number of alkyl halides is 7. The molecule has 3 saturated carbocycles. The summed E-state index contributed by atoms with van der Waals surface area (Å²) in [7, 11) is 3.34. The number of nitrogens with zero attached hydrogens (tertiary/aromatic N) is 16. The Balaban J connectivity index is 0.598. The molecule has 8 aromatic rings. The van der Waals surface area contributed by atoms with E-state index in [0.717, 1.165) is 24.1 Å². The predicted octanol–water partition coefficient (Wildman–Crippen LogP) is 10.2. The zero-order chi connectivity index (χ0) is 84.6. The van der Waals surface area contributed by atoms with E-state index in [1.54, 1.807) is 41.9 Å². The van der Waals surface area contributed by atoms with Crippen molar-refractivity contribution in [1.29, 1.82) is 0 Å². The van der Waals surface area contributed by atoms with E-state index >= 15 is 17.6 Å². The minimum Gasteiger partial charge on any atom is -0.375 e.